The van der Waals surface area contributed by atoms with E-state index in [-0.39, 0.29) is 18.5 Å². The van der Waals surface area contributed by atoms with Crippen LogP contribution in [0.4, 0.5) is 0 Å². The molecule has 1 heterocycles. The van der Waals surface area contributed by atoms with Crippen molar-refractivity contribution in [2.75, 3.05) is 19.8 Å². The quantitative estimate of drug-likeness (QED) is 0.0195. The lowest BCUT2D eigenvalue weighted by atomic mass is 9.99. The average Bonchev–Trinajstić information content (AvgIpc) is 0.869. The average molecular weight is 1370 g/mol. The van der Waals surface area contributed by atoms with Crippen molar-refractivity contribution < 1.29 is 49.3 Å². The fraction of sp³-hybridized carbons (Fsp3) is 0.930. The summed E-state index contributed by atoms with van der Waals surface area (Å²) in [6.45, 7) is 4.41. The van der Waals surface area contributed by atoms with Gasteiger partial charge in [-0.1, -0.05) is 404 Å². The molecule has 6 N–H and O–H groups in total. The Kier molecular flexibility index (Phi) is 72.3. The Balaban J connectivity index is 1.86. The van der Waals surface area contributed by atoms with Crippen LogP contribution in [0, 0.1) is 0 Å². The lowest BCUT2D eigenvalue weighted by molar-refractivity contribution is -0.302. The maximum Gasteiger partial charge on any atom is 0.305 e. The van der Waals surface area contributed by atoms with Crippen LogP contribution in [0.2, 0.25) is 0 Å². The number of carbonyl (C=O) groups is 2. The van der Waals surface area contributed by atoms with Crippen molar-refractivity contribution in [2.45, 2.75) is 493 Å². The number of esters is 1. The van der Waals surface area contributed by atoms with Gasteiger partial charge in [-0.2, -0.15) is 0 Å². The Morgan fingerprint density at radius 2 is 0.660 bits per heavy atom. The third kappa shape index (κ3) is 63.6. The Morgan fingerprint density at radius 1 is 0.371 bits per heavy atom. The summed E-state index contributed by atoms with van der Waals surface area (Å²) in [7, 11) is 0. The zero-order valence-electron chi connectivity index (χ0n) is 64.3. The minimum absolute atomic E-state index is 0.0120. The van der Waals surface area contributed by atoms with Gasteiger partial charge in [-0.05, 0) is 57.8 Å². The molecule has 7 unspecified atom stereocenters. The van der Waals surface area contributed by atoms with Crippen LogP contribution in [0.25, 0.3) is 0 Å². The van der Waals surface area contributed by atoms with Crippen LogP contribution < -0.4 is 5.32 Å². The predicted molar refractivity (Wildman–Crippen MR) is 412 cm³/mol. The zero-order valence-corrected chi connectivity index (χ0v) is 64.3. The molecule has 1 aliphatic heterocycles. The molecule has 1 amide bonds. The number of aliphatic hydroxyl groups excluding tert-OH is 5. The Bertz CT molecular complexity index is 1660. The number of rotatable bonds is 78. The first-order chi connectivity index (χ1) is 47.7. The van der Waals surface area contributed by atoms with E-state index in [0.29, 0.717) is 19.4 Å². The van der Waals surface area contributed by atoms with Crippen molar-refractivity contribution in [3.8, 4) is 0 Å². The van der Waals surface area contributed by atoms with E-state index in [1.165, 1.54) is 366 Å². The summed E-state index contributed by atoms with van der Waals surface area (Å²) < 4.78 is 16.8. The largest absolute Gasteiger partial charge is 0.466 e. The molecule has 7 atom stereocenters. The molecule has 97 heavy (non-hydrogen) atoms. The summed E-state index contributed by atoms with van der Waals surface area (Å²) in [5, 5.41) is 54.7. The van der Waals surface area contributed by atoms with Crippen molar-refractivity contribution in [1.82, 2.24) is 5.32 Å². The molecule has 11 heteroatoms. The molecule has 1 aliphatic rings. The minimum Gasteiger partial charge on any atom is -0.466 e. The Labute approximate surface area is 601 Å². The topological polar surface area (TPSA) is 175 Å². The second kappa shape index (κ2) is 75.3. The standard InChI is InChI=1S/C86H165NO10/c1-3-5-7-9-11-13-15-17-19-46-50-54-58-62-66-70-74-82(91)95-75-71-67-63-59-55-51-47-44-42-40-38-36-34-32-30-28-26-24-22-20-21-23-25-27-29-31-33-35-37-39-41-43-45-49-53-57-61-65-69-73-81(90)87-78(77-96-86-85(94)84(93)83(92)80(76-88)97-86)79(89)72-68-64-60-56-52-48-18-16-14-12-10-8-6-4-2/h19,46,68,72,78-80,83-86,88-89,92-94H,3-18,20-45,47-67,69-71,73-77H2,1-2H3,(H,87,90)/b46-19-,72-68+. The third-order valence-corrected chi connectivity index (χ3v) is 20.8. The second-order valence-electron chi connectivity index (χ2n) is 30.2. The van der Waals surface area contributed by atoms with Gasteiger partial charge in [-0.3, -0.25) is 9.59 Å². The highest BCUT2D eigenvalue weighted by atomic mass is 16.7. The third-order valence-electron chi connectivity index (χ3n) is 20.8. The predicted octanol–water partition coefficient (Wildman–Crippen LogP) is 23.9. The van der Waals surface area contributed by atoms with Gasteiger partial charge in [0.2, 0.25) is 5.91 Å². The van der Waals surface area contributed by atoms with E-state index >= 15 is 0 Å². The van der Waals surface area contributed by atoms with E-state index in [1.54, 1.807) is 6.08 Å². The van der Waals surface area contributed by atoms with Crippen LogP contribution >= 0.6 is 0 Å². The van der Waals surface area contributed by atoms with Crippen LogP contribution in [0.3, 0.4) is 0 Å². The fourth-order valence-corrected chi connectivity index (χ4v) is 14.1. The zero-order chi connectivity index (χ0) is 70.1. The van der Waals surface area contributed by atoms with Crippen LogP contribution in [0.15, 0.2) is 24.3 Å². The summed E-state index contributed by atoms with van der Waals surface area (Å²) in [5.41, 5.74) is 0. The van der Waals surface area contributed by atoms with Crippen molar-refractivity contribution in [3.05, 3.63) is 24.3 Å². The van der Waals surface area contributed by atoms with E-state index < -0.39 is 49.5 Å². The number of nitrogens with one attached hydrogen (secondary N) is 1. The molecular formula is C86H165NO10. The number of unbranched alkanes of at least 4 members (excludes halogenated alkanes) is 62. The summed E-state index contributed by atoms with van der Waals surface area (Å²) in [5.74, 6) is -0.160. The molecule has 0 aliphatic carbocycles. The summed E-state index contributed by atoms with van der Waals surface area (Å²) in [4.78, 5) is 25.2. The summed E-state index contributed by atoms with van der Waals surface area (Å²) in [6, 6.07) is -0.805. The molecule has 0 aromatic carbocycles. The van der Waals surface area contributed by atoms with Gasteiger partial charge < -0.3 is 45.1 Å². The van der Waals surface area contributed by atoms with Gasteiger partial charge in [0.15, 0.2) is 6.29 Å². The number of hydrogen-bond acceptors (Lipinski definition) is 10. The van der Waals surface area contributed by atoms with Gasteiger partial charge >= 0.3 is 5.97 Å². The van der Waals surface area contributed by atoms with Crippen molar-refractivity contribution in [1.29, 1.82) is 0 Å². The fourth-order valence-electron chi connectivity index (χ4n) is 14.1. The normalized spacial score (nSPS) is 17.3. The molecule has 11 nitrogen and oxygen atoms in total. The Hall–Kier alpha value is -1.86. The number of hydrogen-bond donors (Lipinski definition) is 6. The maximum atomic E-state index is 13.1. The highest BCUT2D eigenvalue weighted by Gasteiger charge is 2.44. The maximum absolute atomic E-state index is 13.1. The first kappa shape index (κ1) is 93.2. The van der Waals surface area contributed by atoms with Gasteiger partial charge in [-0.15, -0.1) is 0 Å². The van der Waals surface area contributed by atoms with Gasteiger partial charge in [0.1, 0.15) is 24.4 Å². The van der Waals surface area contributed by atoms with Crippen molar-refractivity contribution >= 4 is 11.9 Å². The van der Waals surface area contributed by atoms with Gasteiger partial charge in [0, 0.05) is 12.8 Å². The van der Waals surface area contributed by atoms with E-state index in [1.807, 2.05) is 6.08 Å². The monoisotopic (exact) mass is 1370 g/mol. The van der Waals surface area contributed by atoms with E-state index in [9.17, 15) is 35.1 Å². The summed E-state index contributed by atoms with van der Waals surface area (Å²) in [6.07, 6.45) is 88.0. The SMILES string of the molecule is CCCCCCCCC/C=C\CCCCCCCC(=O)OCCCCCCCCCCCCCCCCCCCCCCCCCCCCCCCCCCCCCCCCCC(=O)NC(COC1OC(CO)C(O)C(O)C1O)C(O)/C=C/CCCCCCCCCCCCCC. The highest BCUT2D eigenvalue weighted by Crippen LogP contribution is 2.24. The molecule has 0 radical (unpaired) electrons. The molecule has 0 aromatic heterocycles. The number of carbonyl (C=O) groups excluding carboxylic acids is 2. The van der Waals surface area contributed by atoms with Gasteiger partial charge in [0.25, 0.3) is 0 Å². The highest BCUT2D eigenvalue weighted by molar-refractivity contribution is 5.76. The molecule has 1 saturated heterocycles. The minimum atomic E-state index is -1.57. The van der Waals surface area contributed by atoms with Crippen LogP contribution in [-0.2, 0) is 23.8 Å². The number of allylic oxidation sites excluding steroid dienone is 3. The first-order valence-electron chi connectivity index (χ1n) is 43.1. The van der Waals surface area contributed by atoms with Gasteiger partial charge in [-0.25, -0.2) is 0 Å². The molecule has 1 fully saturated rings. The van der Waals surface area contributed by atoms with Gasteiger partial charge in [0.05, 0.1) is 32.0 Å². The molecule has 0 aromatic rings. The molecule has 0 bridgehead atoms. The molecule has 0 spiro atoms. The summed E-state index contributed by atoms with van der Waals surface area (Å²) >= 11 is 0. The van der Waals surface area contributed by atoms with E-state index in [4.69, 9.17) is 14.2 Å². The smallest absolute Gasteiger partial charge is 0.305 e. The number of aliphatic hydroxyl groups is 5. The van der Waals surface area contributed by atoms with Crippen molar-refractivity contribution in [2.24, 2.45) is 0 Å². The first-order valence-corrected chi connectivity index (χ1v) is 43.1. The van der Waals surface area contributed by atoms with Crippen molar-refractivity contribution in [3.63, 3.8) is 0 Å². The number of amides is 1. The Morgan fingerprint density at radius 3 is 0.990 bits per heavy atom. The van der Waals surface area contributed by atoms with Crippen LogP contribution in [0.5, 0.6) is 0 Å². The van der Waals surface area contributed by atoms with E-state index in [2.05, 4.69) is 31.3 Å². The molecule has 1 rings (SSSR count). The molecular weight excluding hydrogens is 1210 g/mol. The number of ether oxygens (including phenoxy) is 3. The van der Waals surface area contributed by atoms with Crippen LogP contribution in [0.1, 0.15) is 450 Å². The molecule has 0 saturated carbocycles. The molecule has 574 valence electrons. The van der Waals surface area contributed by atoms with Crippen LogP contribution in [-0.4, -0.2) is 100 Å². The van der Waals surface area contributed by atoms with E-state index in [0.717, 1.165) is 57.8 Å². The lowest BCUT2D eigenvalue weighted by Gasteiger charge is -2.40. The lowest BCUT2D eigenvalue weighted by Crippen LogP contribution is -2.60. The second-order valence-corrected chi connectivity index (χ2v) is 30.2.